The van der Waals surface area contributed by atoms with Crippen molar-refractivity contribution in [1.82, 2.24) is 4.90 Å². The van der Waals surface area contributed by atoms with Gasteiger partial charge in [0.1, 0.15) is 0 Å². The lowest BCUT2D eigenvalue weighted by molar-refractivity contribution is 0.0885. The van der Waals surface area contributed by atoms with E-state index in [2.05, 4.69) is 18.9 Å². The number of hydrogen-bond donors (Lipinski definition) is 0. The summed E-state index contributed by atoms with van der Waals surface area (Å²) >= 11 is 0. The number of nitrogens with zero attached hydrogens (tertiary/aromatic N) is 1. The number of ketones is 1. The minimum Gasteiger partial charge on any atom is -0.296 e. The van der Waals surface area contributed by atoms with Gasteiger partial charge in [-0.1, -0.05) is 43.7 Å². The Morgan fingerprint density at radius 2 is 1.79 bits per heavy atom. The summed E-state index contributed by atoms with van der Waals surface area (Å²) in [6.07, 6.45) is 6.45. The molecule has 19 heavy (non-hydrogen) atoms. The number of Topliss-reactive ketones (excluding diaryl/α,β-unsaturated/α-hetero) is 1. The van der Waals surface area contributed by atoms with Gasteiger partial charge in [-0.15, -0.1) is 0 Å². The van der Waals surface area contributed by atoms with Crippen LogP contribution in [0.15, 0.2) is 30.3 Å². The first-order chi connectivity index (χ1) is 9.20. The lowest BCUT2D eigenvalue weighted by Crippen LogP contribution is -2.38. The van der Waals surface area contributed by atoms with Crippen molar-refractivity contribution in [2.75, 3.05) is 13.6 Å². The fourth-order valence-electron chi connectivity index (χ4n) is 3.06. The molecule has 2 nitrogen and oxygen atoms in total. The molecule has 1 aromatic rings. The fraction of sp³-hybridized carbons (Fsp3) is 0.588. The van der Waals surface area contributed by atoms with E-state index in [1.807, 2.05) is 30.3 Å². The molecule has 0 spiro atoms. The molecule has 0 saturated heterocycles. The van der Waals surface area contributed by atoms with Crippen LogP contribution in [0.25, 0.3) is 0 Å². The Labute approximate surface area is 116 Å². The molecular formula is C17H25NO. The van der Waals surface area contributed by atoms with Crippen molar-refractivity contribution < 1.29 is 4.79 Å². The summed E-state index contributed by atoms with van der Waals surface area (Å²) in [6, 6.07) is 10.2. The third-order valence-electron chi connectivity index (χ3n) is 4.51. The molecule has 0 unspecified atom stereocenters. The van der Waals surface area contributed by atoms with Crippen LogP contribution in [0.5, 0.6) is 0 Å². The van der Waals surface area contributed by atoms with E-state index >= 15 is 0 Å². The van der Waals surface area contributed by atoms with Gasteiger partial charge in [-0.25, -0.2) is 0 Å². The van der Waals surface area contributed by atoms with Gasteiger partial charge < -0.3 is 0 Å². The third kappa shape index (κ3) is 3.90. The molecule has 1 aliphatic carbocycles. The first kappa shape index (κ1) is 14.3. The highest BCUT2D eigenvalue weighted by atomic mass is 16.1. The number of carbonyl (C=O) groups is 1. The van der Waals surface area contributed by atoms with Crippen molar-refractivity contribution in [3.63, 3.8) is 0 Å². The van der Waals surface area contributed by atoms with Gasteiger partial charge >= 0.3 is 0 Å². The summed E-state index contributed by atoms with van der Waals surface area (Å²) in [4.78, 5) is 14.4. The lowest BCUT2D eigenvalue weighted by Gasteiger charge is -2.34. The molecule has 1 aromatic carbocycles. The molecule has 104 valence electrons. The van der Waals surface area contributed by atoms with E-state index in [1.54, 1.807) is 0 Å². The van der Waals surface area contributed by atoms with Crippen molar-refractivity contribution >= 4 is 5.78 Å². The second-order valence-corrected chi connectivity index (χ2v) is 5.79. The molecule has 1 saturated carbocycles. The molecule has 1 aliphatic rings. The standard InChI is InChI=1S/C17H25NO/c1-3-14-9-11-16(12-10-14)18(2)13-17(19)15-7-5-4-6-8-15/h4-8,14,16H,3,9-13H2,1-2H3. The molecule has 0 atom stereocenters. The van der Waals surface area contributed by atoms with Crippen LogP contribution in [0, 0.1) is 5.92 Å². The Morgan fingerprint density at radius 3 is 2.37 bits per heavy atom. The van der Waals surface area contributed by atoms with Crippen LogP contribution in [-0.2, 0) is 0 Å². The molecule has 0 radical (unpaired) electrons. The molecular weight excluding hydrogens is 234 g/mol. The smallest absolute Gasteiger partial charge is 0.176 e. The number of rotatable bonds is 5. The van der Waals surface area contributed by atoms with Gasteiger partial charge in [-0.2, -0.15) is 0 Å². The van der Waals surface area contributed by atoms with Gasteiger partial charge in [-0.05, 0) is 38.6 Å². The zero-order valence-corrected chi connectivity index (χ0v) is 12.1. The second kappa shape index (κ2) is 6.85. The van der Waals surface area contributed by atoms with Crippen molar-refractivity contribution in [3.05, 3.63) is 35.9 Å². The maximum absolute atomic E-state index is 12.2. The average molecular weight is 259 g/mol. The zero-order valence-electron chi connectivity index (χ0n) is 12.1. The van der Waals surface area contributed by atoms with Crippen LogP contribution in [-0.4, -0.2) is 30.3 Å². The summed E-state index contributed by atoms with van der Waals surface area (Å²) in [5.74, 6) is 1.15. The number of carbonyl (C=O) groups excluding carboxylic acids is 1. The largest absolute Gasteiger partial charge is 0.296 e. The van der Waals surface area contributed by atoms with E-state index < -0.39 is 0 Å². The van der Waals surface area contributed by atoms with E-state index in [0.717, 1.165) is 11.5 Å². The summed E-state index contributed by atoms with van der Waals surface area (Å²) in [7, 11) is 2.10. The maximum Gasteiger partial charge on any atom is 0.176 e. The van der Waals surface area contributed by atoms with Gasteiger partial charge in [0.25, 0.3) is 0 Å². The van der Waals surface area contributed by atoms with E-state index in [1.165, 1.54) is 32.1 Å². The zero-order chi connectivity index (χ0) is 13.7. The summed E-state index contributed by atoms with van der Waals surface area (Å²) < 4.78 is 0. The summed E-state index contributed by atoms with van der Waals surface area (Å²) in [6.45, 7) is 2.83. The second-order valence-electron chi connectivity index (χ2n) is 5.79. The first-order valence-electron chi connectivity index (χ1n) is 7.49. The van der Waals surface area contributed by atoms with E-state index in [-0.39, 0.29) is 5.78 Å². The lowest BCUT2D eigenvalue weighted by atomic mass is 9.84. The van der Waals surface area contributed by atoms with E-state index in [0.29, 0.717) is 12.6 Å². The minimum absolute atomic E-state index is 0.237. The van der Waals surface area contributed by atoms with Crippen LogP contribution in [0.1, 0.15) is 49.4 Å². The molecule has 0 aliphatic heterocycles. The SMILES string of the molecule is CCC1CCC(N(C)CC(=O)c2ccccc2)CC1. The Morgan fingerprint density at radius 1 is 1.16 bits per heavy atom. The Kier molecular flexibility index (Phi) is 5.15. The molecule has 0 N–H and O–H groups in total. The van der Waals surface area contributed by atoms with Gasteiger partial charge in [0.2, 0.25) is 0 Å². The highest BCUT2D eigenvalue weighted by Crippen LogP contribution is 2.28. The molecule has 2 heteroatoms. The maximum atomic E-state index is 12.2. The number of hydrogen-bond acceptors (Lipinski definition) is 2. The van der Waals surface area contributed by atoms with Crippen molar-refractivity contribution in [2.24, 2.45) is 5.92 Å². The summed E-state index contributed by atoms with van der Waals surface area (Å²) in [5.41, 5.74) is 0.830. The average Bonchev–Trinajstić information content (AvgIpc) is 2.48. The van der Waals surface area contributed by atoms with Gasteiger partial charge in [0.15, 0.2) is 5.78 Å². The molecule has 0 heterocycles. The highest BCUT2D eigenvalue weighted by Gasteiger charge is 2.24. The Balaban J connectivity index is 1.84. The van der Waals surface area contributed by atoms with E-state index in [9.17, 15) is 4.79 Å². The van der Waals surface area contributed by atoms with Crippen LogP contribution >= 0.6 is 0 Å². The van der Waals surface area contributed by atoms with Crippen molar-refractivity contribution in [1.29, 1.82) is 0 Å². The van der Waals surface area contributed by atoms with Crippen LogP contribution in [0.4, 0.5) is 0 Å². The Hall–Kier alpha value is -1.15. The molecule has 2 rings (SSSR count). The molecule has 0 aromatic heterocycles. The molecule has 0 bridgehead atoms. The number of likely N-dealkylation sites (N-methyl/N-ethyl adjacent to an activating group) is 1. The Bertz CT molecular complexity index is 393. The highest BCUT2D eigenvalue weighted by molar-refractivity contribution is 5.97. The quantitative estimate of drug-likeness (QED) is 0.750. The van der Waals surface area contributed by atoms with Gasteiger partial charge in [-0.3, -0.25) is 9.69 Å². The fourth-order valence-corrected chi connectivity index (χ4v) is 3.06. The van der Waals surface area contributed by atoms with Crippen molar-refractivity contribution in [2.45, 2.75) is 45.1 Å². The third-order valence-corrected chi connectivity index (χ3v) is 4.51. The van der Waals surface area contributed by atoms with Crippen LogP contribution in [0.3, 0.4) is 0 Å². The summed E-state index contributed by atoms with van der Waals surface area (Å²) in [5, 5.41) is 0. The van der Waals surface area contributed by atoms with Crippen LogP contribution in [0.2, 0.25) is 0 Å². The topological polar surface area (TPSA) is 20.3 Å². The molecule has 0 amide bonds. The first-order valence-corrected chi connectivity index (χ1v) is 7.49. The predicted octanol–water partition coefficient (Wildman–Crippen LogP) is 3.77. The number of benzene rings is 1. The minimum atomic E-state index is 0.237. The van der Waals surface area contributed by atoms with E-state index in [4.69, 9.17) is 0 Å². The van der Waals surface area contributed by atoms with Gasteiger partial charge in [0, 0.05) is 11.6 Å². The monoisotopic (exact) mass is 259 g/mol. The van der Waals surface area contributed by atoms with Gasteiger partial charge in [0.05, 0.1) is 6.54 Å². The van der Waals surface area contributed by atoms with Crippen LogP contribution < -0.4 is 0 Å². The predicted molar refractivity (Wildman–Crippen MR) is 79.4 cm³/mol. The molecule has 1 fully saturated rings. The van der Waals surface area contributed by atoms with Crippen molar-refractivity contribution in [3.8, 4) is 0 Å². The normalized spacial score (nSPS) is 23.5.